The molecule has 2 rings (SSSR count). The first kappa shape index (κ1) is 20.8. The number of anilines is 3. The number of nitrogen functional groups attached to an aromatic ring is 2. The molecule has 7 N–H and O–H groups in total. The van der Waals surface area contributed by atoms with Gasteiger partial charge in [-0.25, -0.2) is 4.21 Å². The van der Waals surface area contributed by atoms with E-state index in [1.54, 1.807) is 31.2 Å². The van der Waals surface area contributed by atoms with E-state index in [0.29, 0.717) is 22.3 Å². The Bertz CT molecular complexity index is 777. The van der Waals surface area contributed by atoms with Gasteiger partial charge in [-0.15, -0.1) is 0 Å². The number of nitrogens with two attached hydrogens (primary N) is 2. The van der Waals surface area contributed by atoms with Gasteiger partial charge in [-0.2, -0.15) is 0 Å². The maximum Gasteiger partial charge on any atom is 0.186 e. The maximum absolute atomic E-state index is 10.7. The average molecular weight is 365 g/mol. The minimum atomic E-state index is -1.94. The van der Waals surface area contributed by atoms with E-state index < -0.39 is 11.1 Å². The van der Waals surface area contributed by atoms with Gasteiger partial charge in [0.2, 0.25) is 0 Å². The molecule has 0 aliphatic heterocycles. The number of hydrogen-bond acceptors (Lipinski definition) is 5. The number of phenols is 1. The van der Waals surface area contributed by atoms with Crippen molar-refractivity contribution in [3.8, 4) is 5.75 Å². The van der Waals surface area contributed by atoms with Crippen molar-refractivity contribution >= 4 is 28.1 Å². The van der Waals surface area contributed by atoms with Crippen molar-refractivity contribution in [2.75, 3.05) is 16.8 Å². The Labute approximate surface area is 151 Å². The summed E-state index contributed by atoms with van der Waals surface area (Å²) >= 11 is -1.94. The molecule has 0 saturated heterocycles. The Morgan fingerprint density at radius 3 is 2.08 bits per heavy atom. The van der Waals surface area contributed by atoms with Gasteiger partial charge in [0, 0.05) is 17.8 Å². The lowest BCUT2D eigenvalue weighted by atomic mass is 10.1. The number of rotatable bonds is 3. The number of aryl methyl sites for hydroxylation is 3. The van der Waals surface area contributed by atoms with Crippen LogP contribution in [0.25, 0.3) is 0 Å². The molecule has 0 spiro atoms. The average Bonchev–Trinajstić information content (AvgIpc) is 2.48. The molecule has 0 radical (unpaired) electrons. The van der Waals surface area contributed by atoms with E-state index in [0.717, 1.165) is 22.4 Å². The molecule has 25 heavy (non-hydrogen) atoms. The largest absolute Gasteiger partial charge is 0.508 e. The molecule has 0 heterocycles. The molecule has 1 atom stereocenters. The predicted octanol–water partition coefficient (Wildman–Crippen LogP) is 3.57. The molecule has 2 aromatic rings. The van der Waals surface area contributed by atoms with E-state index in [9.17, 15) is 9.32 Å². The summed E-state index contributed by atoms with van der Waals surface area (Å²) in [5, 5.41) is 12.6. The molecule has 0 aromatic heterocycles. The van der Waals surface area contributed by atoms with E-state index in [4.69, 9.17) is 16.0 Å². The van der Waals surface area contributed by atoms with Crippen LogP contribution in [0.2, 0.25) is 0 Å². The first-order valence-corrected chi connectivity index (χ1v) is 8.96. The van der Waals surface area contributed by atoms with Crippen LogP contribution in [0.3, 0.4) is 0 Å². The highest BCUT2D eigenvalue weighted by atomic mass is 32.2. The topological polar surface area (TPSA) is 122 Å². The number of nitrogens with one attached hydrogen (secondary N) is 1. The molecule has 1 unspecified atom stereocenters. The minimum Gasteiger partial charge on any atom is -0.508 e. The zero-order chi connectivity index (χ0) is 19.3. The Morgan fingerprint density at radius 2 is 1.56 bits per heavy atom. The second-order valence-corrected chi connectivity index (χ2v) is 7.19. The number of aromatic hydroxyl groups is 1. The molecule has 0 fully saturated rings. The van der Waals surface area contributed by atoms with E-state index in [2.05, 4.69) is 5.32 Å². The fourth-order valence-corrected chi connectivity index (χ4v) is 2.75. The van der Waals surface area contributed by atoms with E-state index in [1.165, 1.54) is 0 Å². The summed E-state index contributed by atoms with van der Waals surface area (Å²) in [5.74, 6) is 0.275. The van der Waals surface area contributed by atoms with E-state index >= 15 is 0 Å². The smallest absolute Gasteiger partial charge is 0.186 e. The zero-order valence-corrected chi connectivity index (χ0v) is 16.1. The van der Waals surface area contributed by atoms with Crippen molar-refractivity contribution in [3.05, 3.63) is 41.0 Å². The first-order valence-electron chi connectivity index (χ1n) is 7.86. The lowest BCUT2D eigenvalue weighted by Crippen LogP contribution is -2.11. The second kappa shape index (κ2) is 8.73. The Kier molecular flexibility index (Phi) is 7.26. The number of hydrogen-bond donors (Lipinski definition) is 5. The third-order valence-corrected chi connectivity index (χ3v) is 4.38. The van der Waals surface area contributed by atoms with Crippen LogP contribution in [0.1, 0.15) is 30.5 Å². The summed E-state index contributed by atoms with van der Waals surface area (Å²) in [6.45, 7) is 9.53. The van der Waals surface area contributed by atoms with Crippen LogP contribution in [-0.4, -0.2) is 19.9 Å². The fourth-order valence-electron chi connectivity index (χ4n) is 2.19. The summed E-state index contributed by atoms with van der Waals surface area (Å²) in [5.41, 5.74) is 15.9. The number of phenolic OH excluding ortho intramolecular Hbond substituents is 1. The van der Waals surface area contributed by atoms with Crippen molar-refractivity contribution < 1.29 is 13.9 Å². The molecular weight excluding hydrogens is 338 g/mol. The molecule has 7 heteroatoms. The molecule has 0 amide bonds. The van der Waals surface area contributed by atoms with Crippen LogP contribution in [0.15, 0.2) is 29.2 Å². The molecule has 0 aliphatic rings. The highest BCUT2D eigenvalue weighted by Gasteiger charge is 2.06. The van der Waals surface area contributed by atoms with Gasteiger partial charge in [0.05, 0.1) is 16.3 Å². The lowest BCUT2D eigenvalue weighted by Gasteiger charge is -2.13. The summed E-state index contributed by atoms with van der Waals surface area (Å²) in [4.78, 5) is 0.387. The van der Waals surface area contributed by atoms with Crippen LogP contribution >= 0.6 is 0 Å². The van der Waals surface area contributed by atoms with Crippen LogP contribution < -0.4 is 16.8 Å². The first-order chi connectivity index (χ1) is 11.5. The molecule has 0 saturated carbocycles. The van der Waals surface area contributed by atoms with Gasteiger partial charge in [0.25, 0.3) is 0 Å². The molecule has 0 bridgehead atoms. The third kappa shape index (κ3) is 5.95. The Balaban J connectivity index is 0.000000251. The monoisotopic (exact) mass is 365 g/mol. The van der Waals surface area contributed by atoms with Gasteiger partial charge in [-0.1, -0.05) is 6.07 Å². The van der Waals surface area contributed by atoms with Gasteiger partial charge >= 0.3 is 0 Å². The molecule has 0 aliphatic carbocycles. The van der Waals surface area contributed by atoms with Gasteiger partial charge in [0.15, 0.2) is 11.1 Å². The number of benzene rings is 2. The van der Waals surface area contributed by atoms with Crippen molar-refractivity contribution in [2.24, 2.45) is 0 Å². The third-order valence-electron chi connectivity index (χ3n) is 3.56. The van der Waals surface area contributed by atoms with Crippen LogP contribution in [-0.2, 0) is 11.1 Å². The molecular formula is C18H27N3O3S. The van der Waals surface area contributed by atoms with Gasteiger partial charge in [0.1, 0.15) is 5.75 Å². The highest BCUT2D eigenvalue weighted by molar-refractivity contribution is 7.79. The Hall–Kier alpha value is -2.25. The molecule has 2 aromatic carbocycles. The predicted molar refractivity (Wildman–Crippen MR) is 105 cm³/mol. The summed E-state index contributed by atoms with van der Waals surface area (Å²) in [6.07, 6.45) is 0. The quantitative estimate of drug-likeness (QED) is 0.322. The Morgan fingerprint density at radius 1 is 0.960 bits per heavy atom. The van der Waals surface area contributed by atoms with Gasteiger partial charge in [-0.05, 0) is 63.4 Å². The normalized spacial score (nSPS) is 11.6. The lowest BCUT2D eigenvalue weighted by molar-refractivity contribution is 0.471. The second-order valence-electron chi connectivity index (χ2n) is 6.25. The van der Waals surface area contributed by atoms with E-state index in [1.807, 2.05) is 27.7 Å². The van der Waals surface area contributed by atoms with Crippen molar-refractivity contribution in [1.82, 2.24) is 0 Å². The van der Waals surface area contributed by atoms with Crippen molar-refractivity contribution in [3.63, 3.8) is 0 Å². The summed E-state index contributed by atoms with van der Waals surface area (Å²) in [7, 11) is 0. The zero-order valence-electron chi connectivity index (χ0n) is 15.3. The molecule has 6 nitrogen and oxygen atoms in total. The van der Waals surface area contributed by atoms with Crippen molar-refractivity contribution in [1.29, 1.82) is 0 Å². The minimum absolute atomic E-state index is 0.275. The van der Waals surface area contributed by atoms with Crippen molar-refractivity contribution in [2.45, 2.75) is 45.6 Å². The van der Waals surface area contributed by atoms with Gasteiger partial charge in [-0.3, -0.25) is 0 Å². The fraction of sp³-hybridized carbons (Fsp3) is 0.333. The van der Waals surface area contributed by atoms with E-state index in [-0.39, 0.29) is 5.75 Å². The highest BCUT2D eigenvalue weighted by Crippen LogP contribution is 2.28. The van der Waals surface area contributed by atoms with Crippen LogP contribution in [0.5, 0.6) is 5.75 Å². The van der Waals surface area contributed by atoms with Gasteiger partial charge < -0.3 is 26.4 Å². The van der Waals surface area contributed by atoms with Crippen LogP contribution in [0.4, 0.5) is 17.1 Å². The van der Waals surface area contributed by atoms with Crippen LogP contribution in [0, 0.1) is 20.8 Å². The standard InChI is InChI=1S/C10H16N2O.C8H11NO2S/c1-6(2)12-9-5-10(13)7(3)4-8(9)11;1-5-3-6(2)8(12(10)11)4-7(5)9/h4-6,12-13H,11H2,1-3H3;3-4H,9H2,1-2H3,(H,10,11). The SMILES string of the molecule is Cc1cc(C)c(S(=O)O)cc1N.Cc1cc(N)c(NC(C)C)cc1O. The maximum atomic E-state index is 10.7. The summed E-state index contributed by atoms with van der Waals surface area (Å²) in [6, 6.07) is 7.08. The molecule has 138 valence electrons. The summed E-state index contributed by atoms with van der Waals surface area (Å²) < 4.78 is 19.6.